The molecule has 1 aliphatic heterocycles. The van der Waals surface area contributed by atoms with Crippen molar-refractivity contribution in [2.75, 3.05) is 23.3 Å². The van der Waals surface area contributed by atoms with Crippen molar-refractivity contribution in [2.24, 2.45) is 5.73 Å². The van der Waals surface area contributed by atoms with Gasteiger partial charge in [-0.1, -0.05) is 0 Å². The fourth-order valence-corrected chi connectivity index (χ4v) is 2.70. The molecule has 0 aromatic carbocycles. The Morgan fingerprint density at radius 1 is 1.35 bits per heavy atom. The highest BCUT2D eigenvalue weighted by atomic mass is 16.1. The van der Waals surface area contributed by atoms with E-state index in [4.69, 9.17) is 5.73 Å². The molecule has 0 atom stereocenters. The van der Waals surface area contributed by atoms with E-state index < -0.39 is 5.91 Å². The van der Waals surface area contributed by atoms with Crippen LogP contribution in [-0.2, 0) is 0 Å². The molecule has 1 amide bonds. The molecule has 0 saturated carbocycles. The van der Waals surface area contributed by atoms with Gasteiger partial charge in [-0.05, 0) is 25.0 Å². The van der Waals surface area contributed by atoms with Gasteiger partial charge in [0, 0.05) is 25.4 Å². The molecule has 1 fully saturated rings. The smallest absolute Gasteiger partial charge is 0.266 e. The molecule has 0 spiro atoms. The predicted octanol–water partition coefficient (Wildman–Crippen LogP) is 0.895. The Labute approximate surface area is 131 Å². The third-order valence-corrected chi connectivity index (χ3v) is 3.86. The van der Waals surface area contributed by atoms with Crippen molar-refractivity contribution in [3.05, 3.63) is 30.1 Å². The van der Waals surface area contributed by atoms with Gasteiger partial charge >= 0.3 is 0 Å². The van der Waals surface area contributed by atoms with Gasteiger partial charge in [-0.15, -0.1) is 5.10 Å². The highest BCUT2D eigenvalue weighted by Gasteiger charge is 2.18. The minimum absolute atomic E-state index is 0.243. The maximum absolute atomic E-state index is 11.2. The van der Waals surface area contributed by atoms with Crippen molar-refractivity contribution in [2.45, 2.75) is 12.8 Å². The first kappa shape index (κ1) is 13.6. The average Bonchev–Trinajstić information content (AvgIpc) is 3.28. The van der Waals surface area contributed by atoms with Crippen molar-refractivity contribution in [1.82, 2.24) is 24.8 Å². The van der Waals surface area contributed by atoms with E-state index in [0.717, 1.165) is 31.4 Å². The first-order valence-electron chi connectivity index (χ1n) is 7.43. The summed E-state index contributed by atoms with van der Waals surface area (Å²) >= 11 is 0. The van der Waals surface area contributed by atoms with Gasteiger partial charge in [-0.25, -0.2) is 4.52 Å². The lowest BCUT2D eigenvalue weighted by Crippen LogP contribution is -2.22. The number of rotatable bonds is 4. The number of carbonyl (C=O) groups excluding carboxylic acids is 1. The van der Waals surface area contributed by atoms with Crippen LogP contribution in [0.15, 0.2) is 24.4 Å². The zero-order valence-electron chi connectivity index (χ0n) is 12.4. The number of aromatic amines is 1. The van der Waals surface area contributed by atoms with E-state index in [-0.39, 0.29) is 5.69 Å². The quantitative estimate of drug-likeness (QED) is 0.659. The van der Waals surface area contributed by atoms with Crippen molar-refractivity contribution in [1.29, 1.82) is 0 Å². The van der Waals surface area contributed by atoms with Crippen molar-refractivity contribution in [3.8, 4) is 0 Å². The largest absolute Gasteiger partial charge is 0.364 e. The molecular formula is C14H16N8O. The van der Waals surface area contributed by atoms with E-state index in [0.29, 0.717) is 17.6 Å². The molecule has 3 aromatic rings. The second-order valence-electron chi connectivity index (χ2n) is 5.45. The predicted molar refractivity (Wildman–Crippen MR) is 84.8 cm³/mol. The summed E-state index contributed by atoms with van der Waals surface area (Å²) in [5, 5.41) is 14.3. The zero-order valence-corrected chi connectivity index (χ0v) is 12.4. The lowest BCUT2D eigenvalue weighted by Gasteiger charge is -2.16. The summed E-state index contributed by atoms with van der Waals surface area (Å²) in [6.45, 7) is 1.92. The molecule has 4 heterocycles. The van der Waals surface area contributed by atoms with Gasteiger partial charge in [0.2, 0.25) is 5.95 Å². The fourth-order valence-electron chi connectivity index (χ4n) is 2.70. The van der Waals surface area contributed by atoms with Gasteiger partial charge in [-0.3, -0.25) is 9.89 Å². The maximum Gasteiger partial charge on any atom is 0.266 e. The van der Waals surface area contributed by atoms with Crippen LogP contribution in [0.1, 0.15) is 23.3 Å². The highest BCUT2D eigenvalue weighted by molar-refractivity contribution is 5.91. The zero-order chi connectivity index (χ0) is 15.8. The molecule has 0 bridgehead atoms. The molecule has 3 aromatic heterocycles. The number of hydrogen-bond acceptors (Lipinski definition) is 6. The second-order valence-corrected chi connectivity index (χ2v) is 5.45. The molecule has 0 unspecified atom stereocenters. The fraction of sp³-hybridized carbons (Fsp3) is 0.286. The van der Waals surface area contributed by atoms with Crippen LogP contribution < -0.4 is 16.0 Å². The SMILES string of the molecule is NC(=O)c1cc(Nc2nc(N3CCCC3)nn3cccc23)n[nH]1. The van der Waals surface area contributed by atoms with Crippen LogP contribution in [0.5, 0.6) is 0 Å². The van der Waals surface area contributed by atoms with Crippen LogP contribution in [0, 0.1) is 0 Å². The highest BCUT2D eigenvalue weighted by Crippen LogP contribution is 2.23. The molecule has 9 nitrogen and oxygen atoms in total. The number of aromatic nitrogens is 5. The molecule has 23 heavy (non-hydrogen) atoms. The number of hydrogen-bond donors (Lipinski definition) is 3. The van der Waals surface area contributed by atoms with E-state index in [1.54, 1.807) is 10.6 Å². The lowest BCUT2D eigenvalue weighted by molar-refractivity contribution is 0.0995. The van der Waals surface area contributed by atoms with Crippen LogP contribution in [0.3, 0.4) is 0 Å². The number of fused-ring (bicyclic) bond motifs is 1. The normalized spacial score (nSPS) is 14.5. The van der Waals surface area contributed by atoms with Gasteiger partial charge < -0.3 is 16.0 Å². The van der Waals surface area contributed by atoms with Gasteiger partial charge in [0.05, 0.1) is 0 Å². The van der Waals surface area contributed by atoms with Gasteiger partial charge in [0.1, 0.15) is 11.2 Å². The first-order chi connectivity index (χ1) is 11.2. The lowest BCUT2D eigenvalue weighted by atomic mass is 10.4. The van der Waals surface area contributed by atoms with Crippen LogP contribution in [0.2, 0.25) is 0 Å². The Morgan fingerprint density at radius 3 is 2.91 bits per heavy atom. The Bertz CT molecular complexity index is 861. The van der Waals surface area contributed by atoms with Gasteiger partial charge in [0.15, 0.2) is 11.6 Å². The molecule has 1 saturated heterocycles. The van der Waals surface area contributed by atoms with Crippen LogP contribution in [0.25, 0.3) is 5.52 Å². The molecule has 9 heteroatoms. The number of carbonyl (C=O) groups is 1. The van der Waals surface area contributed by atoms with E-state index >= 15 is 0 Å². The second kappa shape index (κ2) is 5.27. The third-order valence-electron chi connectivity index (χ3n) is 3.86. The van der Waals surface area contributed by atoms with Crippen LogP contribution in [-0.4, -0.2) is 43.8 Å². The van der Waals surface area contributed by atoms with Crippen LogP contribution in [0.4, 0.5) is 17.6 Å². The topological polar surface area (TPSA) is 117 Å². The average molecular weight is 312 g/mol. The standard InChI is InChI=1S/C14H16N8O/c15-12(23)9-8-11(19-18-9)16-13-10-4-3-7-22(10)20-14(17-13)21-5-1-2-6-21/h3-4,7-8H,1-2,5-6H2,(H2,15,23)(H2,16,17,18,19,20). The Hall–Kier alpha value is -3.10. The van der Waals surface area contributed by atoms with Crippen LogP contribution >= 0.6 is 0 Å². The monoisotopic (exact) mass is 312 g/mol. The molecule has 118 valence electrons. The molecule has 0 radical (unpaired) electrons. The Kier molecular flexibility index (Phi) is 3.11. The number of amides is 1. The number of primary amides is 1. The van der Waals surface area contributed by atoms with Crippen molar-refractivity contribution in [3.63, 3.8) is 0 Å². The van der Waals surface area contributed by atoms with Gasteiger partial charge in [0.25, 0.3) is 5.91 Å². The van der Waals surface area contributed by atoms with Crippen molar-refractivity contribution >= 4 is 29.0 Å². The molecule has 4 rings (SSSR count). The maximum atomic E-state index is 11.2. The summed E-state index contributed by atoms with van der Waals surface area (Å²) in [4.78, 5) is 17.9. The Morgan fingerprint density at radius 2 is 2.17 bits per heavy atom. The summed E-state index contributed by atoms with van der Waals surface area (Å²) in [5.74, 6) is 1.24. The number of nitrogens with zero attached hydrogens (tertiary/aromatic N) is 5. The number of H-pyrrole nitrogens is 1. The number of anilines is 3. The summed E-state index contributed by atoms with van der Waals surface area (Å²) in [5.41, 5.74) is 6.30. The van der Waals surface area contributed by atoms with E-state index in [9.17, 15) is 4.79 Å². The number of nitrogens with one attached hydrogen (secondary N) is 2. The van der Waals surface area contributed by atoms with E-state index in [2.05, 4.69) is 30.5 Å². The number of nitrogens with two attached hydrogens (primary N) is 1. The molecule has 4 N–H and O–H groups in total. The first-order valence-corrected chi connectivity index (χ1v) is 7.43. The minimum Gasteiger partial charge on any atom is -0.364 e. The Balaban J connectivity index is 1.71. The minimum atomic E-state index is -0.557. The third kappa shape index (κ3) is 2.45. The summed E-state index contributed by atoms with van der Waals surface area (Å²) < 4.78 is 1.78. The summed E-state index contributed by atoms with van der Waals surface area (Å²) in [6.07, 6.45) is 4.18. The van der Waals surface area contributed by atoms with E-state index in [1.807, 2.05) is 18.3 Å². The summed E-state index contributed by atoms with van der Waals surface area (Å²) in [6, 6.07) is 5.37. The molecule has 1 aliphatic rings. The van der Waals surface area contributed by atoms with E-state index in [1.165, 1.54) is 0 Å². The molecular weight excluding hydrogens is 296 g/mol. The summed E-state index contributed by atoms with van der Waals surface area (Å²) in [7, 11) is 0. The molecule has 0 aliphatic carbocycles. The van der Waals surface area contributed by atoms with Gasteiger partial charge in [-0.2, -0.15) is 10.1 Å². The van der Waals surface area contributed by atoms with Crippen molar-refractivity contribution < 1.29 is 4.79 Å².